The summed E-state index contributed by atoms with van der Waals surface area (Å²) in [7, 11) is -4.28. The molecular formula is C36H69O3P. The van der Waals surface area contributed by atoms with Crippen LogP contribution in [0.15, 0.2) is 24.3 Å². The number of para-hydroxylation sites is 1. The molecule has 3 nitrogen and oxygen atoms in total. The molecule has 0 unspecified atom stereocenters. The van der Waals surface area contributed by atoms with Gasteiger partial charge in [-0.2, -0.15) is 0 Å². The van der Waals surface area contributed by atoms with Crippen molar-refractivity contribution in [3.05, 3.63) is 29.8 Å². The predicted molar refractivity (Wildman–Crippen MR) is 180 cm³/mol. The van der Waals surface area contributed by atoms with Crippen molar-refractivity contribution < 1.29 is 14.3 Å². The first-order chi connectivity index (χ1) is 19.1. The van der Waals surface area contributed by atoms with Crippen LogP contribution < -0.4 is 4.52 Å². The van der Waals surface area contributed by atoms with Gasteiger partial charge in [0.05, 0.1) is 0 Å². The SMILES string of the molecule is CCCCCCCCCCCCCP(O)(O)(CCCCCCCCCCCCC)Oc1ccccc1C(C)(C)C. The number of unbranched alkanes of at least 4 members (excludes halogenated alkanes) is 20. The van der Waals surface area contributed by atoms with Crippen LogP contribution >= 0.6 is 7.28 Å². The Morgan fingerprint density at radius 1 is 0.525 bits per heavy atom. The van der Waals surface area contributed by atoms with E-state index in [9.17, 15) is 9.79 Å². The predicted octanol–water partition coefficient (Wildman–Crippen LogP) is 12.3. The molecule has 4 heteroatoms. The molecule has 0 saturated carbocycles. The van der Waals surface area contributed by atoms with Gasteiger partial charge in [0.15, 0.2) is 0 Å². The maximum absolute atomic E-state index is 11.9. The van der Waals surface area contributed by atoms with Crippen LogP contribution in [-0.2, 0) is 5.41 Å². The van der Waals surface area contributed by atoms with Crippen LogP contribution in [0.2, 0.25) is 0 Å². The van der Waals surface area contributed by atoms with Crippen molar-refractivity contribution in [2.75, 3.05) is 12.3 Å². The molecule has 0 bridgehead atoms. The Morgan fingerprint density at radius 2 is 0.850 bits per heavy atom. The number of hydrogen-bond donors (Lipinski definition) is 2. The first-order valence-corrected chi connectivity index (χ1v) is 19.8. The van der Waals surface area contributed by atoms with Crippen LogP contribution in [0.5, 0.6) is 5.75 Å². The molecule has 0 amide bonds. The standard InChI is InChI=1S/C36H69O3P/c1-6-8-10-12-14-16-18-20-22-24-28-32-40(37,38,39-35-31-27-26-30-34(35)36(3,4)5)33-29-25-23-21-19-17-15-13-11-9-7-2/h26-27,30-31,37-38H,6-25,28-29,32-33H2,1-5H3. The minimum atomic E-state index is -4.28. The van der Waals surface area contributed by atoms with Crippen LogP contribution in [-0.4, -0.2) is 22.1 Å². The van der Waals surface area contributed by atoms with Gasteiger partial charge < -0.3 is 0 Å². The zero-order chi connectivity index (χ0) is 29.6. The summed E-state index contributed by atoms with van der Waals surface area (Å²) in [4.78, 5) is 23.7. The molecule has 0 aliphatic heterocycles. The normalized spacial score (nSPS) is 13.3. The van der Waals surface area contributed by atoms with E-state index in [1.165, 1.54) is 116 Å². The van der Waals surface area contributed by atoms with Crippen molar-refractivity contribution in [3.63, 3.8) is 0 Å². The third-order valence-corrected chi connectivity index (χ3v) is 11.5. The van der Waals surface area contributed by atoms with E-state index in [0.29, 0.717) is 18.1 Å². The fourth-order valence-corrected chi connectivity index (χ4v) is 8.52. The van der Waals surface area contributed by atoms with Gasteiger partial charge in [0.1, 0.15) is 0 Å². The quantitative estimate of drug-likeness (QED) is 0.0846. The topological polar surface area (TPSA) is 49.7 Å². The molecule has 1 aromatic carbocycles. The molecule has 0 aliphatic carbocycles. The summed E-state index contributed by atoms with van der Waals surface area (Å²) in [6.45, 7) is 11.0. The molecule has 0 heterocycles. The average Bonchev–Trinajstić information content (AvgIpc) is 2.90. The minimum absolute atomic E-state index is 0.117. The molecule has 1 aromatic rings. The Bertz CT molecular complexity index is 710. The fourth-order valence-electron chi connectivity index (χ4n) is 5.78. The molecule has 40 heavy (non-hydrogen) atoms. The molecule has 0 fully saturated rings. The second kappa shape index (κ2) is 21.1. The second-order valence-corrected chi connectivity index (χ2v) is 17.3. The average molecular weight is 581 g/mol. The van der Waals surface area contributed by atoms with Gasteiger partial charge in [0.25, 0.3) is 0 Å². The van der Waals surface area contributed by atoms with Gasteiger partial charge in [0.2, 0.25) is 0 Å². The van der Waals surface area contributed by atoms with Crippen molar-refractivity contribution >= 4 is 7.28 Å². The van der Waals surface area contributed by atoms with Crippen LogP contribution in [0, 0.1) is 0 Å². The van der Waals surface area contributed by atoms with Crippen LogP contribution in [0.3, 0.4) is 0 Å². The molecule has 0 spiro atoms. The molecular weight excluding hydrogens is 511 g/mol. The molecule has 0 radical (unpaired) electrons. The van der Waals surface area contributed by atoms with Crippen molar-refractivity contribution in [2.45, 2.75) is 181 Å². The summed E-state index contributed by atoms with van der Waals surface area (Å²) in [5, 5.41) is 0. The molecule has 0 aromatic heterocycles. The van der Waals surface area contributed by atoms with E-state index >= 15 is 0 Å². The van der Waals surface area contributed by atoms with Gasteiger partial charge in [-0.05, 0) is 0 Å². The Hall–Kier alpha value is -0.630. The van der Waals surface area contributed by atoms with Gasteiger partial charge in [-0.3, -0.25) is 0 Å². The zero-order valence-electron chi connectivity index (χ0n) is 27.5. The van der Waals surface area contributed by atoms with Gasteiger partial charge in [-0.1, -0.05) is 13.8 Å². The summed E-state index contributed by atoms with van der Waals surface area (Å²) in [5.41, 5.74) is 0.929. The first kappa shape index (κ1) is 37.4. The summed E-state index contributed by atoms with van der Waals surface area (Å²) in [5.74, 6) is 0.656. The Labute approximate surface area is 250 Å². The molecule has 236 valence electrons. The van der Waals surface area contributed by atoms with E-state index < -0.39 is 7.28 Å². The Kier molecular flexibility index (Phi) is 19.7. The number of hydrogen-bond acceptors (Lipinski definition) is 3. The summed E-state index contributed by atoms with van der Waals surface area (Å²) in [6, 6.07) is 7.96. The maximum atomic E-state index is 11.9. The van der Waals surface area contributed by atoms with Gasteiger partial charge in [-0.25, -0.2) is 0 Å². The third kappa shape index (κ3) is 18.0. The van der Waals surface area contributed by atoms with E-state index in [2.05, 4.69) is 40.7 Å². The number of rotatable bonds is 26. The van der Waals surface area contributed by atoms with Gasteiger partial charge >= 0.3 is 237 Å². The van der Waals surface area contributed by atoms with Gasteiger partial charge in [0, 0.05) is 0 Å². The summed E-state index contributed by atoms with van der Waals surface area (Å²) in [6.07, 6.45) is 28.3. The van der Waals surface area contributed by atoms with E-state index in [0.717, 1.165) is 31.2 Å². The molecule has 1 rings (SSSR count). The first-order valence-electron chi connectivity index (χ1n) is 17.4. The van der Waals surface area contributed by atoms with Crippen molar-refractivity contribution in [3.8, 4) is 5.75 Å². The second-order valence-electron chi connectivity index (χ2n) is 13.7. The monoisotopic (exact) mass is 580 g/mol. The van der Waals surface area contributed by atoms with Crippen molar-refractivity contribution in [1.29, 1.82) is 0 Å². The van der Waals surface area contributed by atoms with Crippen LogP contribution in [0.1, 0.15) is 181 Å². The summed E-state index contributed by atoms with van der Waals surface area (Å²) >= 11 is 0. The van der Waals surface area contributed by atoms with Crippen molar-refractivity contribution in [2.24, 2.45) is 0 Å². The number of benzene rings is 1. The molecule has 0 saturated heterocycles. The van der Waals surface area contributed by atoms with Crippen molar-refractivity contribution in [1.82, 2.24) is 0 Å². The van der Waals surface area contributed by atoms with E-state index in [-0.39, 0.29) is 5.41 Å². The Morgan fingerprint density at radius 3 is 1.20 bits per heavy atom. The van der Waals surface area contributed by atoms with E-state index in [4.69, 9.17) is 4.52 Å². The van der Waals surface area contributed by atoms with E-state index in [1.54, 1.807) is 0 Å². The van der Waals surface area contributed by atoms with Crippen LogP contribution in [0.25, 0.3) is 0 Å². The molecule has 0 aliphatic rings. The van der Waals surface area contributed by atoms with Gasteiger partial charge in [-0.15, -0.1) is 0 Å². The third-order valence-electron chi connectivity index (χ3n) is 8.43. The molecule has 0 atom stereocenters. The Balaban J connectivity index is 2.55. The fraction of sp³-hybridized carbons (Fsp3) is 0.833. The van der Waals surface area contributed by atoms with Crippen LogP contribution in [0.4, 0.5) is 0 Å². The van der Waals surface area contributed by atoms with E-state index in [1.807, 2.05) is 18.2 Å². The summed E-state index contributed by atoms with van der Waals surface area (Å²) < 4.78 is 6.37. The zero-order valence-corrected chi connectivity index (χ0v) is 28.4. The molecule has 2 N–H and O–H groups in total.